The molecule has 0 aliphatic carbocycles. The van der Waals surface area contributed by atoms with E-state index in [2.05, 4.69) is 51.2 Å². The van der Waals surface area contributed by atoms with Gasteiger partial charge in [-0.3, -0.25) is 0 Å². The van der Waals surface area contributed by atoms with Crippen LogP contribution in [0.4, 0.5) is 0 Å². The lowest BCUT2D eigenvalue weighted by atomic mass is 9.82. The Labute approximate surface area is 123 Å². The van der Waals surface area contributed by atoms with Crippen LogP contribution in [0, 0.1) is 18.3 Å². The third-order valence-corrected chi connectivity index (χ3v) is 3.95. The maximum Gasteiger partial charge on any atom is 0.0438 e. The van der Waals surface area contributed by atoms with Gasteiger partial charge in [0.1, 0.15) is 0 Å². The van der Waals surface area contributed by atoms with Crippen LogP contribution < -0.4 is 5.32 Å². The molecule has 1 nitrogen and oxygen atoms in total. The molecule has 1 aromatic rings. The van der Waals surface area contributed by atoms with Crippen LogP contribution in [-0.4, -0.2) is 7.05 Å². The lowest BCUT2D eigenvalue weighted by molar-refractivity contribution is 0.279. The topological polar surface area (TPSA) is 12.0 Å². The molecule has 2 heteroatoms. The molecule has 2 unspecified atom stereocenters. The number of rotatable bonds is 5. The van der Waals surface area contributed by atoms with Crippen LogP contribution in [0.25, 0.3) is 0 Å². The zero-order chi connectivity index (χ0) is 14.6. The molecule has 2 atom stereocenters. The van der Waals surface area contributed by atoms with Gasteiger partial charge in [-0.1, -0.05) is 51.4 Å². The van der Waals surface area contributed by atoms with Crippen molar-refractivity contribution in [1.82, 2.24) is 5.32 Å². The van der Waals surface area contributed by atoms with E-state index in [9.17, 15) is 0 Å². The fourth-order valence-corrected chi connectivity index (χ4v) is 2.97. The summed E-state index contributed by atoms with van der Waals surface area (Å²) in [5.41, 5.74) is 2.82. The molecule has 0 spiro atoms. The van der Waals surface area contributed by atoms with E-state index in [4.69, 9.17) is 11.6 Å². The van der Waals surface area contributed by atoms with Gasteiger partial charge in [0.2, 0.25) is 0 Å². The highest BCUT2D eigenvalue weighted by molar-refractivity contribution is 6.31. The molecule has 19 heavy (non-hydrogen) atoms. The van der Waals surface area contributed by atoms with Crippen molar-refractivity contribution in [2.45, 2.75) is 53.5 Å². The van der Waals surface area contributed by atoms with E-state index in [-0.39, 0.29) is 0 Å². The quantitative estimate of drug-likeness (QED) is 0.765. The molecule has 0 saturated heterocycles. The molecule has 1 rings (SSSR count). The SMILES string of the molecule is CNC(CC(C)CC(C)(C)C)c1ccc(C)c(Cl)c1. The predicted octanol–water partition coefficient (Wildman–Crippen LogP) is 5.37. The Morgan fingerprint density at radius 2 is 1.89 bits per heavy atom. The van der Waals surface area contributed by atoms with E-state index < -0.39 is 0 Å². The van der Waals surface area contributed by atoms with Gasteiger partial charge >= 0.3 is 0 Å². The molecular formula is C17H28ClN. The monoisotopic (exact) mass is 281 g/mol. The summed E-state index contributed by atoms with van der Waals surface area (Å²) in [5.74, 6) is 0.692. The molecule has 0 amide bonds. The van der Waals surface area contributed by atoms with Gasteiger partial charge in [-0.2, -0.15) is 0 Å². The van der Waals surface area contributed by atoms with Gasteiger partial charge in [0.25, 0.3) is 0 Å². The summed E-state index contributed by atoms with van der Waals surface area (Å²) in [4.78, 5) is 0. The third-order valence-electron chi connectivity index (χ3n) is 3.55. The average molecular weight is 282 g/mol. The van der Waals surface area contributed by atoms with E-state index in [0.29, 0.717) is 17.4 Å². The number of nitrogens with one attached hydrogen (secondary N) is 1. The molecule has 1 aromatic carbocycles. The van der Waals surface area contributed by atoms with E-state index in [0.717, 1.165) is 17.0 Å². The van der Waals surface area contributed by atoms with Crippen LogP contribution in [-0.2, 0) is 0 Å². The highest BCUT2D eigenvalue weighted by atomic mass is 35.5. The summed E-state index contributed by atoms with van der Waals surface area (Å²) in [5, 5.41) is 4.29. The van der Waals surface area contributed by atoms with Gasteiger partial charge in [0, 0.05) is 11.1 Å². The minimum Gasteiger partial charge on any atom is -0.313 e. The number of hydrogen-bond acceptors (Lipinski definition) is 1. The van der Waals surface area contributed by atoms with Crippen molar-refractivity contribution in [2.24, 2.45) is 11.3 Å². The summed E-state index contributed by atoms with van der Waals surface area (Å²) < 4.78 is 0. The van der Waals surface area contributed by atoms with Crippen molar-refractivity contribution in [3.8, 4) is 0 Å². The van der Waals surface area contributed by atoms with E-state index in [1.54, 1.807) is 0 Å². The van der Waals surface area contributed by atoms with E-state index in [1.165, 1.54) is 12.0 Å². The van der Waals surface area contributed by atoms with Crippen molar-refractivity contribution < 1.29 is 0 Å². The van der Waals surface area contributed by atoms with Gasteiger partial charge in [0.05, 0.1) is 0 Å². The van der Waals surface area contributed by atoms with Gasteiger partial charge in [-0.05, 0) is 55.3 Å². The number of aryl methyl sites for hydroxylation is 1. The van der Waals surface area contributed by atoms with Crippen molar-refractivity contribution in [2.75, 3.05) is 7.05 Å². The first-order chi connectivity index (χ1) is 8.73. The van der Waals surface area contributed by atoms with E-state index >= 15 is 0 Å². The number of benzene rings is 1. The van der Waals surface area contributed by atoms with Crippen molar-refractivity contribution in [3.63, 3.8) is 0 Å². The second-order valence-corrected chi connectivity index (χ2v) is 7.36. The Balaban J connectivity index is 2.75. The van der Waals surface area contributed by atoms with Crippen LogP contribution in [0.5, 0.6) is 0 Å². The second kappa shape index (κ2) is 6.76. The van der Waals surface area contributed by atoms with Crippen molar-refractivity contribution in [1.29, 1.82) is 0 Å². The summed E-state index contributed by atoms with van der Waals surface area (Å²) in [7, 11) is 2.03. The molecule has 0 radical (unpaired) electrons. The molecule has 0 fully saturated rings. The number of hydrogen-bond donors (Lipinski definition) is 1. The van der Waals surface area contributed by atoms with Crippen LogP contribution >= 0.6 is 11.6 Å². The third kappa shape index (κ3) is 5.54. The first-order valence-corrected chi connectivity index (χ1v) is 7.54. The zero-order valence-electron chi connectivity index (χ0n) is 13.2. The Hall–Kier alpha value is -0.530. The second-order valence-electron chi connectivity index (χ2n) is 6.96. The molecule has 0 heterocycles. The van der Waals surface area contributed by atoms with Crippen molar-refractivity contribution in [3.05, 3.63) is 34.3 Å². The molecule has 0 aliphatic heterocycles. The molecule has 0 saturated carbocycles. The predicted molar refractivity (Wildman–Crippen MR) is 85.8 cm³/mol. The standard InChI is InChI=1S/C17H28ClN/c1-12(11-17(3,4)5)9-16(19-6)14-8-7-13(2)15(18)10-14/h7-8,10,12,16,19H,9,11H2,1-6H3. The summed E-state index contributed by atoms with van der Waals surface area (Å²) >= 11 is 6.23. The largest absolute Gasteiger partial charge is 0.313 e. The number of halogens is 1. The van der Waals surface area contributed by atoms with Crippen LogP contribution in [0.3, 0.4) is 0 Å². The molecular weight excluding hydrogens is 254 g/mol. The lowest BCUT2D eigenvalue weighted by Crippen LogP contribution is -2.21. The highest BCUT2D eigenvalue weighted by Crippen LogP contribution is 2.31. The normalized spacial score (nSPS) is 15.3. The smallest absolute Gasteiger partial charge is 0.0438 e. The van der Waals surface area contributed by atoms with Gasteiger partial charge in [-0.15, -0.1) is 0 Å². The van der Waals surface area contributed by atoms with Gasteiger partial charge < -0.3 is 5.32 Å². The maximum atomic E-state index is 6.23. The zero-order valence-corrected chi connectivity index (χ0v) is 13.9. The van der Waals surface area contributed by atoms with Crippen molar-refractivity contribution >= 4 is 11.6 Å². The minimum absolute atomic E-state index is 0.385. The van der Waals surface area contributed by atoms with Crippen LogP contribution in [0.1, 0.15) is 57.7 Å². The Morgan fingerprint density at radius 1 is 1.26 bits per heavy atom. The molecule has 0 bridgehead atoms. The first-order valence-electron chi connectivity index (χ1n) is 7.16. The summed E-state index contributed by atoms with van der Waals surface area (Å²) in [6.07, 6.45) is 2.39. The molecule has 108 valence electrons. The Morgan fingerprint density at radius 3 is 2.37 bits per heavy atom. The highest BCUT2D eigenvalue weighted by Gasteiger charge is 2.19. The minimum atomic E-state index is 0.385. The van der Waals surface area contributed by atoms with Gasteiger partial charge in [0.15, 0.2) is 0 Å². The Kier molecular flexibility index (Phi) is 5.88. The fraction of sp³-hybridized carbons (Fsp3) is 0.647. The van der Waals surface area contributed by atoms with E-state index in [1.807, 2.05) is 14.0 Å². The summed E-state index contributed by atoms with van der Waals surface area (Å²) in [6.45, 7) is 11.3. The lowest BCUT2D eigenvalue weighted by Gasteiger charge is -2.27. The van der Waals surface area contributed by atoms with Crippen LogP contribution in [0.15, 0.2) is 18.2 Å². The Bertz CT molecular complexity index is 406. The summed E-state index contributed by atoms with van der Waals surface area (Å²) in [6, 6.07) is 6.78. The molecule has 0 aliphatic rings. The van der Waals surface area contributed by atoms with Gasteiger partial charge in [-0.25, -0.2) is 0 Å². The molecule has 0 aromatic heterocycles. The fourth-order valence-electron chi connectivity index (χ4n) is 2.78. The van der Waals surface area contributed by atoms with Crippen LogP contribution in [0.2, 0.25) is 5.02 Å². The maximum absolute atomic E-state index is 6.23. The average Bonchev–Trinajstić information content (AvgIpc) is 2.27. The first kappa shape index (κ1) is 16.5. The molecule has 1 N–H and O–H groups in total.